The number of nitrogens with one attached hydrogen (secondary N) is 1. The Morgan fingerprint density at radius 1 is 1.32 bits per heavy atom. The number of thiophene rings is 1. The van der Waals surface area contributed by atoms with Gasteiger partial charge in [-0.15, -0.1) is 11.3 Å². The summed E-state index contributed by atoms with van der Waals surface area (Å²) >= 11 is 4.93. The Kier molecular flexibility index (Phi) is 6.52. The van der Waals surface area contributed by atoms with E-state index in [9.17, 15) is 9.90 Å². The van der Waals surface area contributed by atoms with Crippen molar-refractivity contribution in [3.8, 4) is 0 Å². The molecule has 6 heteroatoms. The Hall–Kier alpha value is -1.76. The van der Waals surface area contributed by atoms with Crippen molar-refractivity contribution in [2.45, 2.75) is 52.5 Å². The molecule has 0 fully saturated rings. The van der Waals surface area contributed by atoms with Gasteiger partial charge in [0.15, 0.2) is 0 Å². The lowest BCUT2D eigenvalue weighted by Crippen LogP contribution is -2.28. The highest BCUT2D eigenvalue weighted by molar-refractivity contribution is 9.10. The zero-order valence-electron chi connectivity index (χ0n) is 18.2. The maximum Gasteiger partial charge on any atom is 0.261 e. The number of halogens is 1. The number of amides is 1. The van der Waals surface area contributed by atoms with Crippen molar-refractivity contribution in [1.29, 1.82) is 0 Å². The Morgan fingerprint density at radius 2 is 2.13 bits per heavy atom. The van der Waals surface area contributed by atoms with Gasteiger partial charge in [0.1, 0.15) is 4.83 Å². The number of rotatable bonds is 5. The van der Waals surface area contributed by atoms with E-state index in [0.29, 0.717) is 22.6 Å². The fraction of sp³-hybridized carbons (Fsp3) is 0.440. The van der Waals surface area contributed by atoms with Crippen molar-refractivity contribution < 1.29 is 9.90 Å². The van der Waals surface area contributed by atoms with Crippen LogP contribution in [0.5, 0.6) is 0 Å². The Balaban J connectivity index is 1.57. The minimum atomic E-state index is -0.242. The predicted molar refractivity (Wildman–Crippen MR) is 131 cm³/mol. The molecule has 0 unspecified atom stereocenters. The number of nitrogens with zero attached hydrogens (tertiary/aromatic N) is 1. The molecular formula is C25H29BrN2O2S. The summed E-state index contributed by atoms with van der Waals surface area (Å²) in [6.07, 6.45) is 3.70. The van der Waals surface area contributed by atoms with E-state index in [-0.39, 0.29) is 18.6 Å². The fourth-order valence-electron chi connectivity index (χ4n) is 4.38. The minimum Gasteiger partial charge on any atom is -0.396 e. The number of aliphatic hydroxyl groups is 1. The third-order valence-electron chi connectivity index (χ3n) is 6.30. The van der Waals surface area contributed by atoms with Crippen LogP contribution in [0.3, 0.4) is 0 Å². The van der Waals surface area contributed by atoms with Crippen molar-refractivity contribution in [3.63, 3.8) is 0 Å². The van der Waals surface area contributed by atoms with Crippen molar-refractivity contribution in [1.82, 2.24) is 10.3 Å². The predicted octanol–water partition coefficient (Wildman–Crippen LogP) is 6.06. The van der Waals surface area contributed by atoms with Gasteiger partial charge in [0.05, 0.1) is 10.9 Å². The molecule has 31 heavy (non-hydrogen) atoms. The third kappa shape index (κ3) is 5.02. The van der Waals surface area contributed by atoms with E-state index < -0.39 is 0 Å². The van der Waals surface area contributed by atoms with E-state index in [0.717, 1.165) is 33.1 Å². The first-order valence-electron chi connectivity index (χ1n) is 10.8. The van der Waals surface area contributed by atoms with Crippen LogP contribution in [-0.2, 0) is 12.8 Å². The largest absolute Gasteiger partial charge is 0.396 e. The Morgan fingerprint density at radius 3 is 2.84 bits per heavy atom. The first-order chi connectivity index (χ1) is 14.7. The SMILES string of the molecule is CC(C)(C)[C@H]1CCc2nc3sc(C(=O)N[C@H](CCO)c4cccc(Br)c4)cc3cc2C1. The van der Waals surface area contributed by atoms with Gasteiger partial charge in [-0.05, 0) is 72.4 Å². The number of benzene rings is 1. The van der Waals surface area contributed by atoms with Crippen LogP contribution in [-0.4, -0.2) is 22.6 Å². The molecule has 1 amide bonds. The number of carbonyl (C=O) groups excluding carboxylic acids is 1. The molecule has 0 aliphatic heterocycles. The second kappa shape index (κ2) is 9.00. The molecule has 2 aromatic heterocycles. The topological polar surface area (TPSA) is 62.2 Å². The summed E-state index contributed by atoms with van der Waals surface area (Å²) in [7, 11) is 0. The molecule has 1 aliphatic rings. The third-order valence-corrected chi connectivity index (χ3v) is 7.83. The molecule has 2 atom stereocenters. The molecule has 0 saturated carbocycles. The summed E-state index contributed by atoms with van der Waals surface area (Å²) in [6, 6.07) is 11.8. The van der Waals surface area contributed by atoms with Crippen molar-refractivity contribution in [2.24, 2.45) is 11.3 Å². The van der Waals surface area contributed by atoms with Crippen LogP contribution in [0.1, 0.15) is 66.1 Å². The van der Waals surface area contributed by atoms with Gasteiger partial charge >= 0.3 is 0 Å². The lowest BCUT2D eigenvalue weighted by molar-refractivity contribution is 0.0934. The molecule has 4 nitrogen and oxygen atoms in total. The maximum absolute atomic E-state index is 13.0. The normalized spacial score (nSPS) is 17.4. The fourth-order valence-corrected chi connectivity index (χ4v) is 5.73. The highest BCUT2D eigenvalue weighted by Gasteiger charge is 2.29. The van der Waals surface area contributed by atoms with Crippen LogP contribution in [0.4, 0.5) is 0 Å². The average molecular weight is 501 g/mol. The monoisotopic (exact) mass is 500 g/mol. The standard InChI is InChI=1S/C25H29BrN2O2S/c1-25(2,3)18-7-8-20-16(12-18)11-17-14-22(31-24(17)28-20)23(30)27-21(9-10-29)15-5-4-6-19(26)13-15/h4-6,11,13-14,18,21,29H,7-10,12H2,1-3H3,(H,27,30)/t18-,21+/m0/s1. The highest BCUT2D eigenvalue weighted by Crippen LogP contribution is 2.38. The van der Waals surface area contributed by atoms with E-state index in [1.165, 1.54) is 29.0 Å². The smallest absolute Gasteiger partial charge is 0.261 e. The van der Waals surface area contributed by atoms with Crippen LogP contribution >= 0.6 is 27.3 Å². The van der Waals surface area contributed by atoms with Gasteiger partial charge in [0.25, 0.3) is 5.91 Å². The van der Waals surface area contributed by atoms with Gasteiger partial charge in [0.2, 0.25) is 0 Å². The van der Waals surface area contributed by atoms with E-state index in [1.54, 1.807) is 0 Å². The van der Waals surface area contributed by atoms with Crippen molar-refractivity contribution in [3.05, 3.63) is 62.6 Å². The minimum absolute atomic E-state index is 0.00704. The summed E-state index contributed by atoms with van der Waals surface area (Å²) in [5.41, 5.74) is 3.78. The molecule has 2 heterocycles. The number of aromatic nitrogens is 1. The molecular weight excluding hydrogens is 472 g/mol. The first-order valence-corrected chi connectivity index (χ1v) is 12.4. The van der Waals surface area contributed by atoms with Gasteiger partial charge in [-0.3, -0.25) is 4.79 Å². The summed E-state index contributed by atoms with van der Waals surface area (Å²) in [5.74, 6) is 0.539. The second-order valence-electron chi connectivity index (χ2n) is 9.50. The first kappa shape index (κ1) is 22.4. The molecule has 0 radical (unpaired) electrons. The molecule has 0 saturated heterocycles. The molecule has 0 bridgehead atoms. The van der Waals surface area contributed by atoms with Crippen molar-refractivity contribution in [2.75, 3.05) is 6.61 Å². The lowest BCUT2D eigenvalue weighted by atomic mass is 9.71. The van der Waals surface area contributed by atoms with Crippen LogP contribution in [0.25, 0.3) is 10.2 Å². The maximum atomic E-state index is 13.0. The van der Waals surface area contributed by atoms with Gasteiger partial charge in [-0.2, -0.15) is 0 Å². The highest BCUT2D eigenvalue weighted by atomic mass is 79.9. The zero-order chi connectivity index (χ0) is 22.2. The molecule has 1 aromatic carbocycles. The van der Waals surface area contributed by atoms with E-state index >= 15 is 0 Å². The Labute approximate surface area is 196 Å². The van der Waals surface area contributed by atoms with E-state index in [2.05, 4.69) is 48.1 Å². The molecule has 0 spiro atoms. The number of aryl methyl sites for hydroxylation is 1. The second-order valence-corrected chi connectivity index (χ2v) is 11.4. The van der Waals surface area contributed by atoms with Gasteiger partial charge in [-0.1, -0.05) is 48.8 Å². The quantitative estimate of drug-likeness (QED) is 0.447. The summed E-state index contributed by atoms with van der Waals surface area (Å²) in [5, 5.41) is 13.6. The van der Waals surface area contributed by atoms with E-state index in [4.69, 9.17) is 4.98 Å². The van der Waals surface area contributed by atoms with Gasteiger partial charge in [-0.25, -0.2) is 4.98 Å². The summed E-state index contributed by atoms with van der Waals surface area (Å²) in [6.45, 7) is 6.95. The zero-order valence-corrected chi connectivity index (χ0v) is 20.6. The summed E-state index contributed by atoms with van der Waals surface area (Å²) < 4.78 is 0.951. The number of hydrogen-bond acceptors (Lipinski definition) is 4. The van der Waals surface area contributed by atoms with Crippen molar-refractivity contribution >= 4 is 43.4 Å². The molecule has 4 rings (SSSR count). The van der Waals surface area contributed by atoms with Crippen LogP contribution in [0.2, 0.25) is 0 Å². The Bertz CT molecular complexity index is 1100. The van der Waals surface area contributed by atoms with Crippen LogP contribution in [0, 0.1) is 11.3 Å². The van der Waals surface area contributed by atoms with Crippen LogP contribution < -0.4 is 5.32 Å². The number of aliphatic hydroxyl groups excluding tert-OH is 1. The lowest BCUT2D eigenvalue weighted by Gasteiger charge is -2.34. The number of hydrogen-bond donors (Lipinski definition) is 2. The molecule has 3 aromatic rings. The van der Waals surface area contributed by atoms with Crippen LogP contribution in [0.15, 0.2) is 40.9 Å². The number of fused-ring (bicyclic) bond motifs is 2. The number of pyridine rings is 1. The molecule has 2 N–H and O–H groups in total. The van der Waals surface area contributed by atoms with Gasteiger partial charge < -0.3 is 10.4 Å². The van der Waals surface area contributed by atoms with Gasteiger partial charge in [0, 0.05) is 22.2 Å². The molecule has 164 valence electrons. The number of carbonyl (C=O) groups is 1. The average Bonchev–Trinajstić information content (AvgIpc) is 3.13. The van der Waals surface area contributed by atoms with E-state index in [1.807, 2.05) is 30.3 Å². The molecule has 1 aliphatic carbocycles. The summed E-state index contributed by atoms with van der Waals surface area (Å²) in [4.78, 5) is 19.5.